The van der Waals surface area contributed by atoms with E-state index in [0.29, 0.717) is 5.01 Å². The van der Waals surface area contributed by atoms with Crippen LogP contribution >= 0.6 is 11.3 Å². The molecule has 7 heteroatoms. The molecule has 0 radical (unpaired) electrons. The molecule has 0 spiro atoms. The van der Waals surface area contributed by atoms with Crippen molar-refractivity contribution in [3.8, 4) is 17.0 Å². The smallest absolute Gasteiger partial charge is 0.240 e. The lowest BCUT2D eigenvalue weighted by atomic mass is 10.2. The van der Waals surface area contributed by atoms with E-state index in [1.807, 2.05) is 5.38 Å². The molecule has 0 amide bonds. The minimum absolute atomic E-state index is 0.139. The molecular formula is C16H14N2O3S2. The number of sulfonamides is 1. The lowest BCUT2D eigenvalue weighted by Crippen LogP contribution is -2.23. The number of rotatable bonds is 5. The molecule has 5 nitrogen and oxygen atoms in total. The highest BCUT2D eigenvalue weighted by molar-refractivity contribution is 7.89. The molecule has 2 N–H and O–H groups in total. The number of aromatic nitrogens is 1. The number of phenols is 1. The van der Waals surface area contributed by atoms with Gasteiger partial charge in [0.15, 0.2) is 0 Å². The Morgan fingerprint density at radius 1 is 1.04 bits per heavy atom. The predicted octanol–water partition coefficient (Wildman–Crippen LogP) is 2.99. The Morgan fingerprint density at radius 3 is 2.43 bits per heavy atom. The minimum Gasteiger partial charge on any atom is -0.508 e. The van der Waals surface area contributed by atoms with Crippen LogP contribution in [-0.2, 0) is 16.6 Å². The number of phenolic OH excluding ortho intramolecular Hbond substituents is 1. The van der Waals surface area contributed by atoms with Gasteiger partial charge >= 0.3 is 0 Å². The predicted molar refractivity (Wildman–Crippen MR) is 89.7 cm³/mol. The van der Waals surface area contributed by atoms with Crippen LogP contribution in [0.4, 0.5) is 0 Å². The first-order valence-corrected chi connectivity index (χ1v) is 9.19. The molecule has 1 heterocycles. The van der Waals surface area contributed by atoms with Crippen LogP contribution in [0.3, 0.4) is 0 Å². The van der Waals surface area contributed by atoms with Gasteiger partial charge in [0.2, 0.25) is 10.0 Å². The Morgan fingerprint density at radius 2 is 1.74 bits per heavy atom. The summed E-state index contributed by atoms with van der Waals surface area (Å²) in [6.07, 6.45) is 0. The van der Waals surface area contributed by atoms with Crippen LogP contribution in [0.15, 0.2) is 64.9 Å². The maximum atomic E-state index is 12.2. The van der Waals surface area contributed by atoms with Gasteiger partial charge in [-0.05, 0) is 36.4 Å². The fraction of sp³-hybridized carbons (Fsp3) is 0.0625. The summed E-state index contributed by atoms with van der Waals surface area (Å²) in [5, 5.41) is 11.8. The Hall–Kier alpha value is -2.22. The molecule has 0 aliphatic heterocycles. The number of hydrogen-bond acceptors (Lipinski definition) is 5. The highest BCUT2D eigenvalue weighted by Crippen LogP contribution is 2.24. The number of benzene rings is 2. The molecule has 0 atom stereocenters. The molecule has 0 bridgehead atoms. The molecule has 0 aliphatic carbocycles. The summed E-state index contributed by atoms with van der Waals surface area (Å²) in [5.41, 5.74) is 1.63. The van der Waals surface area contributed by atoms with Crippen LogP contribution in [-0.4, -0.2) is 18.5 Å². The summed E-state index contributed by atoms with van der Waals surface area (Å²) in [7, 11) is -3.54. The van der Waals surface area contributed by atoms with Gasteiger partial charge in [-0.25, -0.2) is 18.1 Å². The van der Waals surface area contributed by atoms with Gasteiger partial charge in [-0.1, -0.05) is 18.2 Å². The Balaban J connectivity index is 1.71. The lowest BCUT2D eigenvalue weighted by molar-refractivity contribution is 0.475. The lowest BCUT2D eigenvalue weighted by Gasteiger charge is -2.04. The topological polar surface area (TPSA) is 79.3 Å². The van der Waals surface area contributed by atoms with Crippen LogP contribution < -0.4 is 4.72 Å². The molecule has 0 saturated carbocycles. The monoisotopic (exact) mass is 346 g/mol. The van der Waals surface area contributed by atoms with Crippen molar-refractivity contribution in [2.75, 3.05) is 0 Å². The van der Waals surface area contributed by atoms with Crippen LogP contribution in [0.2, 0.25) is 0 Å². The van der Waals surface area contributed by atoms with E-state index in [2.05, 4.69) is 9.71 Å². The molecule has 3 rings (SSSR count). The molecule has 2 aromatic carbocycles. The standard InChI is InChI=1S/C16H14N2O3S2/c19-13-8-6-12(7-9-13)15-11-22-16(18-15)10-17-23(20,21)14-4-2-1-3-5-14/h1-9,11,17,19H,10H2. The Labute approximate surface area is 138 Å². The zero-order valence-corrected chi connectivity index (χ0v) is 13.6. The van der Waals surface area contributed by atoms with Gasteiger partial charge in [-0.3, -0.25) is 0 Å². The summed E-state index contributed by atoms with van der Waals surface area (Å²) in [4.78, 5) is 4.65. The molecule has 118 valence electrons. The quantitative estimate of drug-likeness (QED) is 0.744. The van der Waals surface area contributed by atoms with E-state index in [4.69, 9.17) is 0 Å². The molecule has 23 heavy (non-hydrogen) atoms. The van der Waals surface area contributed by atoms with Crippen LogP contribution in [0.5, 0.6) is 5.75 Å². The van der Waals surface area contributed by atoms with E-state index in [9.17, 15) is 13.5 Å². The SMILES string of the molecule is O=S(=O)(NCc1nc(-c2ccc(O)cc2)cs1)c1ccccc1. The summed E-state index contributed by atoms with van der Waals surface area (Å²) >= 11 is 1.38. The summed E-state index contributed by atoms with van der Waals surface area (Å²) in [6.45, 7) is 0.139. The molecule has 0 fully saturated rings. The van der Waals surface area contributed by atoms with Crippen molar-refractivity contribution in [3.63, 3.8) is 0 Å². The largest absolute Gasteiger partial charge is 0.508 e. The van der Waals surface area contributed by atoms with Crippen molar-refractivity contribution in [2.24, 2.45) is 0 Å². The summed E-state index contributed by atoms with van der Waals surface area (Å²) in [6, 6.07) is 14.9. The third kappa shape index (κ3) is 3.76. The van der Waals surface area contributed by atoms with Crippen LogP contribution in [0, 0.1) is 0 Å². The summed E-state index contributed by atoms with van der Waals surface area (Å²) < 4.78 is 26.9. The number of nitrogens with one attached hydrogen (secondary N) is 1. The van der Waals surface area contributed by atoms with Gasteiger partial charge in [0.25, 0.3) is 0 Å². The second-order valence-electron chi connectivity index (χ2n) is 4.81. The highest BCUT2D eigenvalue weighted by atomic mass is 32.2. The number of thiazole rings is 1. The molecule has 1 aromatic heterocycles. The second kappa shape index (κ2) is 6.49. The minimum atomic E-state index is -3.54. The van der Waals surface area contributed by atoms with E-state index >= 15 is 0 Å². The van der Waals surface area contributed by atoms with Gasteiger partial charge in [0.1, 0.15) is 10.8 Å². The van der Waals surface area contributed by atoms with E-state index in [-0.39, 0.29) is 17.2 Å². The molecule has 0 saturated heterocycles. The third-order valence-corrected chi connectivity index (χ3v) is 5.45. The first kappa shape index (κ1) is 15.7. The van der Waals surface area contributed by atoms with Crippen molar-refractivity contribution >= 4 is 21.4 Å². The fourth-order valence-electron chi connectivity index (χ4n) is 2.00. The molecule has 0 unspecified atom stereocenters. The fourth-order valence-corrected chi connectivity index (χ4v) is 3.84. The van der Waals surface area contributed by atoms with E-state index < -0.39 is 10.0 Å². The van der Waals surface area contributed by atoms with Gasteiger partial charge in [-0.2, -0.15) is 0 Å². The van der Waals surface area contributed by atoms with Crippen molar-refractivity contribution in [1.29, 1.82) is 0 Å². The zero-order chi connectivity index (χ0) is 16.3. The normalized spacial score (nSPS) is 11.5. The Bertz CT molecular complexity index is 889. The van der Waals surface area contributed by atoms with E-state index in [1.165, 1.54) is 11.3 Å². The van der Waals surface area contributed by atoms with Crippen molar-refractivity contribution in [1.82, 2.24) is 9.71 Å². The highest BCUT2D eigenvalue weighted by Gasteiger charge is 2.14. The first-order valence-electron chi connectivity index (χ1n) is 6.83. The first-order chi connectivity index (χ1) is 11.0. The van der Waals surface area contributed by atoms with Gasteiger partial charge in [-0.15, -0.1) is 11.3 Å². The van der Waals surface area contributed by atoms with Crippen LogP contribution in [0.1, 0.15) is 5.01 Å². The molecular weight excluding hydrogens is 332 g/mol. The number of aromatic hydroxyl groups is 1. The number of nitrogens with zero attached hydrogens (tertiary/aromatic N) is 1. The van der Waals surface area contributed by atoms with Crippen LogP contribution in [0.25, 0.3) is 11.3 Å². The van der Waals surface area contributed by atoms with Crippen molar-refractivity contribution < 1.29 is 13.5 Å². The van der Waals surface area contributed by atoms with Gasteiger partial charge in [0, 0.05) is 10.9 Å². The average Bonchev–Trinajstić information content (AvgIpc) is 3.04. The second-order valence-corrected chi connectivity index (χ2v) is 7.52. The van der Waals surface area contributed by atoms with Gasteiger partial charge < -0.3 is 5.11 Å². The van der Waals surface area contributed by atoms with E-state index in [0.717, 1.165) is 11.3 Å². The maximum Gasteiger partial charge on any atom is 0.240 e. The van der Waals surface area contributed by atoms with E-state index in [1.54, 1.807) is 54.6 Å². The van der Waals surface area contributed by atoms with Crippen molar-refractivity contribution in [3.05, 3.63) is 65.0 Å². The molecule has 0 aliphatic rings. The zero-order valence-electron chi connectivity index (χ0n) is 12.0. The molecule has 3 aromatic rings. The summed E-state index contributed by atoms with van der Waals surface area (Å²) in [5.74, 6) is 0.194. The average molecular weight is 346 g/mol. The van der Waals surface area contributed by atoms with Gasteiger partial charge in [0.05, 0.1) is 17.1 Å². The maximum absolute atomic E-state index is 12.2. The Kier molecular flexibility index (Phi) is 4.42. The van der Waals surface area contributed by atoms with Crippen molar-refractivity contribution in [2.45, 2.75) is 11.4 Å². The number of hydrogen-bond donors (Lipinski definition) is 2. The third-order valence-electron chi connectivity index (χ3n) is 3.18.